The van der Waals surface area contributed by atoms with E-state index in [1.54, 1.807) is 22.8 Å². The van der Waals surface area contributed by atoms with Gasteiger partial charge in [0.2, 0.25) is 11.6 Å². The minimum absolute atomic E-state index is 0. The number of nitrogens with one attached hydrogen (secondary N) is 1. The molecule has 3 aliphatic rings. The van der Waals surface area contributed by atoms with Crippen LogP contribution in [0.5, 0.6) is 0 Å². The van der Waals surface area contributed by atoms with Crippen LogP contribution in [0.15, 0.2) is 113 Å². The van der Waals surface area contributed by atoms with Crippen LogP contribution in [-0.4, -0.2) is 152 Å². The zero-order chi connectivity index (χ0) is 52.3. The number of carbonyl (C=O) groups excluding carboxylic acids is 3. The Morgan fingerprint density at radius 2 is 1.39 bits per heavy atom. The zero-order valence-electron chi connectivity index (χ0n) is 39.4. The van der Waals surface area contributed by atoms with Gasteiger partial charge in [-0.15, -0.1) is 0 Å². The van der Waals surface area contributed by atoms with Gasteiger partial charge in [-0.3, -0.25) is 32.9 Å². The molecule has 3 aliphatic heterocycles. The molecule has 0 unspecified atom stereocenters. The number of aryl methyl sites for hydroxylation is 1. The van der Waals surface area contributed by atoms with Crippen LogP contribution in [0.4, 0.5) is 11.4 Å². The van der Waals surface area contributed by atoms with E-state index < -0.39 is 79.5 Å². The van der Waals surface area contributed by atoms with Crippen LogP contribution < -0.4 is 10.2 Å². The number of allylic oxidation sites excluding steroid dienone is 6. The molecule has 19 nitrogen and oxygen atoms in total. The third kappa shape index (κ3) is 14.3. The topological polar surface area (TPSA) is 293 Å². The summed E-state index contributed by atoms with van der Waals surface area (Å²) in [6, 6.07) is 15.6. The van der Waals surface area contributed by atoms with Crippen molar-refractivity contribution in [1.82, 2.24) is 10.2 Å². The van der Waals surface area contributed by atoms with Crippen molar-refractivity contribution in [3.8, 4) is 0 Å². The second-order valence-electron chi connectivity index (χ2n) is 18.4. The fourth-order valence-corrected chi connectivity index (χ4v) is 11.1. The normalized spacial score (nSPS) is 17.3. The van der Waals surface area contributed by atoms with Crippen molar-refractivity contribution < 1.29 is 70.8 Å². The van der Waals surface area contributed by atoms with E-state index in [0.29, 0.717) is 64.3 Å². The fraction of sp³-hybridized carbons (Fsp3) is 0.375. The molecular weight excluding hydrogens is 1020 g/mol. The molecule has 0 bridgehead atoms. The van der Waals surface area contributed by atoms with E-state index in [1.165, 1.54) is 48.6 Å². The Balaban J connectivity index is 0.00000963. The van der Waals surface area contributed by atoms with E-state index in [0.717, 1.165) is 10.5 Å². The summed E-state index contributed by atoms with van der Waals surface area (Å²) in [4.78, 5) is 38.3. The minimum atomic E-state index is -4.86. The first-order valence-electron chi connectivity index (χ1n) is 22.5. The van der Waals surface area contributed by atoms with Crippen LogP contribution >= 0.6 is 0 Å². The van der Waals surface area contributed by atoms with E-state index in [4.69, 9.17) is 0 Å². The predicted molar refractivity (Wildman–Crippen MR) is 271 cm³/mol. The van der Waals surface area contributed by atoms with Crippen molar-refractivity contribution >= 4 is 110 Å². The van der Waals surface area contributed by atoms with E-state index >= 15 is 0 Å². The van der Waals surface area contributed by atoms with Crippen LogP contribution in [0.3, 0.4) is 0 Å². The van der Waals surface area contributed by atoms with Gasteiger partial charge < -0.3 is 14.8 Å². The summed E-state index contributed by atoms with van der Waals surface area (Å²) in [5.41, 5.74) is 3.56. The molecule has 0 saturated heterocycles. The van der Waals surface area contributed by atoms with E-state index in [9.17, 15) is 66.3 Å². The van der Waals surface area contributed by atoms with Crippen LogP contribution in [0, 0.1) is 0 Å². The Labute approximate surface area is 442 Å². The van der Waals surface area contributed by atoms with Gasteiger partial charge in [0, 0.05) is 79.1 Å². The summed E-state index contributed by atoms with van der Waals surface area (Å²) in [6.07, 6.45) is 11.4. The van der Waals surface area contributed by atoms with Gasteiger partial charge in [0.25, 0.3) is 42.2 Å². The molecule has 3 amide bonds. The molecule has 0 aliphatic carbocycles. The molecular formula is C48H57N4NaO15S4. The average molecular weight is 1080 g/mol. The maximum atomic E-state index is 12.6. The quantitative estimate of drug-likeness (QED) is 0.0274. The van der Waals surface area contributed by atoms with Crippen LogP contribution in [0.25, 0.3) is 5.57 Å². The Kier molecular flexibility index (Phi) is 18.5. The molecule has 0 radical (unpaired) electrons. The number of rotatable bonds is 22. The van der Waals surface area contributed by atoms with Crippen molar-refractivity contribution in [2.45, 2.75) is 86.8 Å². The Morgan fingerprint density at radius 1 is 0.750 bits per heavy atom. The molecule has 24 heteroatoms. The van der Waals surface area contributed by atoms with Gasteiger partial charge in [-0.2, -0.15) is 29.8 Å². The number of unbranched alkanes of at least 4 members (excludes halogenated alkanes) is 1. The number of imide groups is 1. The number of fused-ring (bicyclic) bond motifs is 2. The van der Waals surface area contributed by atoms with E-state index in [-0.39, 0.29) is 85.8 Å². The number of anilines is 1. The first-order chi connectivity index (χ1) is 33.0. The first-order valence-corrected chi connectivity index (χ1v) is 28.6. The molecule has 4 N–H and O–H groups in total. The van der Waals surface area contributed by atoms with Gasteiger partial charge in [-0.1, -0.05) is 44.2 Å². The summed E-state index contributed by atoms with van der Waals surface area (Å²) in [5, 5.41) is 2.73. The molecule has 0 fully saturated rings. The Morgan fingerprint density at radius 3 is 2.03 bits per heavy atom. The molecule has 3 aromatic carbocycles. The van der Waals surface area contributed by atoms with Gasteiger partial charge in [0.1, 0.15) is 16.7 Å². The number of carbonyl (C=O) groups is 3. The first kappa shape index (κ1) is 58.2. The SMILES string of the molecule is CC1(C)C(=CC=C(C=CC2=[N+](CCCS(=O)(=O)O)c3ccc(S(=O)(=O)[O-])cc3C2(C)C)c2cccc(CCCCC(=O)NCCN3C(=O)C=CC3=O)c2)N(CCCS(=O)(=O)O)c2ccc(S(=O)(=O)O)cc21.[NaH]. The number of benzene rings is 3. The molecule has 3 aromatic rings. The molecule has 384 valence electrons. The molecule has 0 spiro atoms. The van der Waals surface area contributed by atoms with Crippen LogP contribution in [0.2, 0.25) is 0 Å². The third-order valence-corrected chi connectivity index (χ3v) is 16.0. The number of hydrogen-bond donors (Lipinski definition) is 4. The second-order valence-corrected chi connectivity index (χ2v) is 24.4. The number of amides is 3. The molecule has 0 atom stereocenters. The van der Waals surface area contributed by atoms with Crippen molar-refractivity contribution in [3.05, 3.63) is 125 Å². The average Bonchev–Trinajstić information content (AvgIpc) is 3.78. The van der Waals surface area contributed by atoms with Crippen molar-refractivity contribution in [2.24, 2.45) is 0 Å². The Bertz CT molecular complexity index is 3250. The van der Waals surface area contributed by atoms with Crippen molar-refractivity contribution in [3.63, 3.8) is 0 Å². The summed E-state index contributed by atoms with van der Waals surface area (Å²) in [7, 11) is -18.2. The van der Waals surface area contributed by atoms with Crippen LogP contribution in [-0.2, 0) is 72.1 Å². The van der Waals surface area contributed by atoms with Gasteiger partial charge in [-0.05, 0) is 104 Å². The summed E-state index contributed by atoms with van der Waals surface area (Å²) in [5.74, 6) is -2.23. The van der Waals surface area contributed by atoms with Crippen molar-refractivity contribution in [1.29, 1.82) is 0 Å². The second kappa shape index (κ2) is 22.8. The fourth-order valence-electron chi connectivity index (χ4n) is 9.07. The predicted octanol–water partition coefficient (Wildman–Crippen LogP) is 4.20. The van der Waals surface area contributed by atoms with E-state index in [2.05, 4.69) is 5.32 Å². The molecule has 6 rings (SSSR count). The van der Waals surface area contributed by atoms with Crippen LogP contribution in [0.1, 0.15) is 82.1 Å². The van der Waals surface area contributed by atoms with Gasteiger partial charge in [0.05, 0.1) is 26.7 Å². The number of hydrogen-bond acceptors (Lipinski definition) is 13. The van der Waals surface area contributed by atoms with Gasteiger partial charge >= 0.3 is 29.6 Å². The zero-order valence-corrected chi connectivity index (χ0v) is 42.7. The monoisotopic (exact) mass is 1080 g/mol. The van der Waals surface area contributed by atoms with Crippen molar-refractivity contribution in [2.75, 3.05) is 42.6 Å². The molecule has 0 saturated carbocycles. The number of nitrogens with zero attached hydrogens (tertiary/aromatic N) is 3. The standard InChI is InChI=1S/C48H56N4O15S4.Na.H/c1-47(2)38-31-36(70(62,63)64)16-18-40(38)50(25-8-28-68(56,57)58)42(47)20-14-34(35-12-7-11-33(30-35)10-5-6-13-44(53)49-24-27-52-45(54)22-23-46(52)55)15-21-43-48(3,4)39-32-37(71(65,66)67)17-19-41(39)51(43)26-9-29-69(59,60)61;;/h7,11-12,14-23,30-32H,5-6,8-10,13,24-29H2,1-4H3,(H4-,49,53,56,57,58,59,60,61,62,63,64,65,66,67);;. The summed E-state index contributed by atoms with van der Waals surface area (Å²) < 4.78 is 139. The van der Waals surface area contributed by atoms with Gasteiger partial charge in [0.15, 0.2) is 5.71 Å². The van der Waals surface area contributed by atoms with E-state index in [1.807, 2.05) is 62.9 Å². The Hall–Kier alpha value is -4.66. The third-order valence-electron chi connectivity index (χ3n) is 12.7. The molecule has 3 heterocycles. The summed E-state index contributed by atoms with van der Waals surface area (Å²) >= 11 is 0. The maximum absolute atomic E-state index is 12.6. The molecule has 0 aromatic heterocycles. The van der Waals surface area contributed by atoms with Gasteiger partial charge in [-0.25, -0.2) is 8.42 Å². The summed E-state index contributed by atoms with van der Waals surface area (Å²) in [6.45, 7) is 7.62. The molecule has 72 heavy (non-hydrogen) atoms.